The minimum atomic E-state index is -0.0724. The molecule has 208 valence electrons. The minimum Gasteiger partial charge on any atom is -0.504 e. The Balaban J connectivity index is 1.76. The number of carbonyl (C=O) groups excluding carboxylic acids is 2. The normalized spacial score (nSPS) is 11.3. The van der Waals surface area contributed by atoms with Crippen LogP contribution < -0.4 is 15.4 Å². The van der Waals surface area contributed by atoms with Crippen LogP contribution in [0.1, 0.15) is 63.1 Å². The number of phenols is 1. The van der Waals surface area contributed by atoms with Crippen molar-refractivity contribution >= 4 is 17.5 Å². The number of likely N-dealkylation sites (N-methyl/N-ethyl adjacent to an activating group) is 1. The van der Waals surface area contributed by atoms with Crippen LogP contribution in [-0.2, 0) is 16.1 Å². The van der Waals surface area contributed by atoms with Crippen LogP contribution in [0.2, 0.25) is 0 Å². The number of nitrogens with one attached hydrogen (secondary N) is 2. The van der Waals surface area contributed by atoms with Gasteiger partial charge in [-0.15, -0.1) is 0 Å². The monoisotopic (exact) mass is 523 g/mol. The Bertz CT molecular complexity index is 1040. The van der Waals surface area contributed by atoms with Crippen LogP contribution in [0.5, 0.6) is 11.5 Å². The van der Waals surface area contributed by atoms with E-state index in [4.69, 9.17) is 4.74 Å². The van der Waals surface area contributed by atoms with E-state index in [-0.39, 0.29) is 24.1 Å². The molecular weight excluding hydrogens is 478 g/mol. The van der Waals surface area contributed by atoms with E-state index in [1.807, 2.05) is 43.9 Å². The molecule has 0 aliphatic carbocycles. The SMILES string of the molecule is CCN(CCOc1cc(CNC(=O)CCCC/C=C/C(C)C)ccc1O)CC(=O)Nc1c(C)cccc1C. The van der Waals surface area contributed by atoms with Crippen LogP contribution in [0.25, 0.3) is 0 Å². The zero-order valence-electron chi connectivity index (χ0n) is 23.7. The number of hydrogen-bond donors (Lipinski definition) is 3. The van der Waals surface area contributed by atoms with Crippen LogP contribution >= 0.6 is 0 Å². The summed E-state index contributed by atoms with van der Waals surface area (Å²) in [6.45, 7) is 12.4. The summed E-state index contributed by atoms with van der Waals surface area (Å²) < 4.78 is 5.83. The number of allylic oxidation sites excluding steroid dienone is 2. The highest BCUT2D eigenvalue weighted by molar-refractivity contribution is 5.93. The number of hydrogen-bond acceptors (Lipinski definition) is 5. The zero-order chi connectivity index (χ0) is 27.9. The molecule has 0 atom stereocenters. The quantitative estimate of drug-likeness (QED) is 0.193. The first-order valence-corrected chi connectivity index (χ1v) is 13.7. The summed E-state index contributed by atoms with van der Waals surface area (Å²) in [5.41, 5.74) is 3.78. The molecule has 0 saturated heterocycles. The second-order valence-electron chi connectivity index (χ2n) is 10.0. The van der Waals surface area contributed by atoms with Gasteiger partial charge < -0.3 is 20.5 Å². The molecule has 0 aromatic heterocycles. The van der Waals surface area contributed by atoms with Crippen molar-refractivity contribution in [3.63, 3.8) is 0 Å². The van der Waals surface area contributed by atoms with Crippen molar-refractivity contribution in [1.29, 1.82) is 0 Å². The Morgan fingerprint density at radius 2 is 1.82 bits per heavy atom. The third-order valence-electron chi connectivity index (χ3n) is 6.28. The Morgan fingerprint density at radius 1 is 1.08 bits per heavy atom. The average molecular weight is 524 g/mol. The first-order valence-electron chi connectivity index (χ1n) is 13.7. The van der Waals surface area contributed by atoms with Gasteiger partial charge in [0.25, 0.3) is 0 Å². The van der Waals surface area contributed by atoms with Crippen molar-refractivity contribution in [2.45, 2.75) is 66.8 Å². The van der Waals surface area contributed by atoms with Crippen LogP contribution in [0.3, 0.4) is 0 Å². The summed E-state index contributed by atoms with van der Waals surface area (Å²) in [6, 6.07) is 11.0. The smallest absolute Gasteiger partial charge is 0.238 e. The van der Waals surface area contributed by atoms with Gasteiger partial charge in [0.15, 0.2) is 11.5 Å². The standard InChI is InChI=1S/C31H45N3O4/c1-6-34(22-30(37)33-31-24(4)13-11-14-25(31)5)18-19-38-28-20-26(16-17-27(28)35)21-32-29(36)15-10-8-7-9-12-23(2)3/h9,11-14,16-17,20,23,35H,6-8,10,15,18-19,21-22H2,1-5H3,(H,32,36)(H,33,37)/b12-9+. The number of benzene rings is 2. The maximum Gasteiger partial charge on any atom is 0.238 e. The van der Waals surface area contributed by atoms with Gasteiger partial charge in [-0.25, -0.2) is 0 Å². The molecule has 38 heavy (non-hydrogen) atoms. The van der Waals surface area contributed by atoms with Gasteiger partial charge in [-0.1, -0.05) is 57.2 Å². The number of nitrogens with zero attached hydrogens (tertiary/aromatic N) is 1. The molecule has 0 radical (unpaired) electrons. The van der Waals surface area contributed by atoms with Crippen molar-refractivity contribution in [2.75, 3.05) is 31.6 Å². The summed E-state index contributed by atoms with van der Waals surface area (Å²) in [7, 11) is 0. The van der Waals surface area contributed by atoms with Crippen molar-refractivity contribution in [2.24, 2.45) is 5.92 Å². The number of carbonyl (C=O) groups is 2. The van der Waals surface area contributed by atoms with Gasteiger partial charge in [0.2, 0.25) is 11.8 Å². The molecule has 7 nitrogen and oxygen atoms in total. The van der Waals surface area contributed by atoms with E-state index in [0.717, 1.165) is 41.6 Å². The topological polar surface area (TPSA) is 90.9 Å². The molecule has 2 amide bonds. The van der Waals surface area contributed by atoms with E-state index in [0.29, 0.717) is 44.3 Å². The Hall–Kier alpha value is -3.32. The summed E-state index contributed by atoms with van der Waals surface area (Å²) in [4.78, 5) is 26.8. The van der Waals surface area contributed by atoms with Gasteiger partial charge in [0.05, 0.1) is 6.54 Å². The fourth-order valence-corrected chi connectivity index (χ4v) is 4.02. The second kappa shape index (κ2) is 16.5. The van der Waals surface area contributed by atoms with E-state index in [2.05, 4.69) is 36.6 Å². The molecule has 2 aromatic carbocycles. The lowest BCUT2D eigenvalue weighted by atomic mass is 10.1. The molecule has 0 fully saturated rings. The van der Waals surface area contributed by atoms with E-state index < -0.39 is 0 Å². The molecule has 0 unspecified atom stereocenters. The number of amides is 2. The number of rotatable bonds is 16. The number of aryl methyl sites for hydroxylation is 2. The molecule has 0 bridgehead atoms. The second-order valence-corrected chi connectivity index (χ2v) is 10.0. The number of unbranched alkanes of at least 4 members (excludes halogenated alkanes) is 2. The van der Waals surface area contributed by atoms with Crippen LogP contribution in [-0.4, -0.2) is 48.1 Å². The molecule has 0 aliphatic rings. The van der Waals surface area contributed by atoms with Crippen LogP contribution in [0, 0.1) is 19.8 Å². The minimum absolute atomic E-state index is 0.0196. The summed E-state index contributed by atoms with van der Waals surface area (Å²) >= 11 is 0. The average Bonchev–Trinajstić information content (AvgIpc) is 2.87. The highest BCUT2D eigenvalue weighted by Crippen LogP contribution is 2.27. The number of anilines is 1. The molecule has 0 spiro atoms. The summed E-state index contributed by atoms with van der Waals surface area (Å²) in [5, 5.41) is 16.2. The van der Waals surface area contributed by atoms with Gasteiger partial charge in [0, 0.05) is 25.2 Å². The van der Waals surface area contributed by atoms with Gasteiger partial charge >= 0.3 is 0 Å². The van der Waals surface area contributed by atoms with E-state index in [1.165, 1.54) is 0 Å². The molecule has 3 N–H and O–H groups in total. The van der Waals surface area contributed by atoms with Gasteiger partial charge in [-0.3, -0.25) is 14.5 Å². The molecule has 2 rings (SSSR count). The van der Waals surface area contributed by atoms with Crippen LogP contribution in [0.4, 0.5) is 5.69 Å². The Labute approximate surface area is 228 Å². The first-order chi connectivity index (χ1) is 18.2. The number of para-hydroxylation sites is 1. The van der Waals surface area contributed by atoms with E-state index in [1.54, 1.807) is 18.2 Å². The predicted octanol–water partition coefficient (Wildman–Crippen LogP) is 5.74. The third kappa shape index (κ3) is 11.4. The lowest BCUT2D eigenvalue weighted by Crippen LogP contribution is -2.36. The highest BCUT2D eigenvalue weighted by atomic mass is 16.5. The van der Waals surface area contributed by atoms with Crippen LogP contribution in [0.15, 0.2) is 48.6 Å². The highest BCUT2D eigenvalue weighted by Gasteiger charge is 2.13. The largest absolute Gasteiger partial charge is 0.504 e. The van der Waals surface area contributed by atoms with Crippen molar-refractivity contribution < 1.29 is 19.4 Å². The number of phenolic OH excluding ortho intramolecular Hbond substituents is 1. The molecular formula is C31H45N3O4. The lowest BCUT2D eigenvalue weighted by Gasteiger charge is -2.21. The first kappa shape index (κ1) is 30.9. The molecule has 7 heteroatoms. The van der Waals surface area contributed by atoms with Crippen molar-refractivity contribution in [3.8, 4) is 11.5 Å². The Morgan fingerprint density at radius 3 is 2.50 bits per heavy atom. The Kier molecular flexibility index (Phi) is 13.4. The van der Waals surface area contributed by atoms with Crippen molar-refractivity contribution in [1.82, 2.24) is 10.2 Å². The number of aromatic hydroxyl groups is 1. The zero-order valence-corrected chi connectivity index (χ0v) is 23.7. The molecule has 2 aromatic rings. The maximum atomic E-state index is 12.6. The number of ether oxygens (including phenoxy) is 1. The fourth-order valence-electron chi connectivity index (χ4n) is 4.02. The fraction of sp³-hybridized carbons (Fsp3) is 0.484. The van der Waals surface area contributed by atoms with E-state index in [9.17, 15) is 14.7 Å². The third-order valence-corrected chi connectivity index (χ3v) is 6.28. The van der Waals surface area contributed by atoms with Gasteiger partial charge in [-0.05, 0) is 74.4 Å². The predicted molar refractivity (Wildman–Crippen MR) is 155 cm³/mol. The summed E-state index contributed by atoms with van der Waals surface area (Å²) in [5.74, 6) is 0.918. The van der Waals surface area contributed by atoms with Gasteiger partial charge in [-0.2, -0.15) is 0 Å². The molecule has 0 aliphatic heterocycles. The molecule has 0 saturated carbocycles. The lowest BCUT2D eigenvalue weighted by molar-refractivity contribution is -0.121. The summed E-state index contributed by atoms with van der Waals surface area (Å²) in [6.07, 6.45) is 7.72. The van der Waals surface area contributed by atoms with Gasteiger partial charge in [0.1, 0.15) is 6.61 Å². The van der Waals surface area contributed by atoms with E-state index >= 15 is 0 Å². The maximum absolute atomic E-state index is 12.6. The van der Waals surface area contributed by atoms with Crippen molar-refractivity contribution in [3.05, 3.63) is 65.2 Å². The molecule has 0 heterocycles.